The van der Waals surface area contributed by atoms with Crippen molar-refractivity contribution in [2.45, 2.75) is 57.2 Å². The summed E-state index contributed by atoms with van der Waals surface area (Å²) >= 11 is 0. The maximum Gasteiger partial charge on any atom is 0.264 e. The average Bonchev–Trinajstić information content (AvgIpc) is 2.34. The summed E-state index contributed by atoms with van der Waals surface area (Å²) in [7, 11) is -3.38. The predicted molar refractivity (Wildman–Crippen MR) is 57.4 cm³/mol. The van der Waals surface area contributed by atoms with Crippen molar-refractivity contribution in [1.82, 2.24) is 0 Å². The molecule has 16 heavy (non-hydrogen) atoms. The van der Waals surface area contributed by atoms with Gasteiger partial charge in [0.05, 0.1) is 24.6 Å². The highest BCUT2D eigenvalue weighted by Gasteiger charge is 2.45. The van der Waals surface area contributed by atoms with Crippen LogP contribution in [0.2, 0.25) is 0 Å². The van der Waals surface area contributed by atoms with E-state index in [0.717, 1.165) is 12.7 Å². The Hall–Kier alpha value is -0.170. The third kappa shape index (κ3) is 2.94. The largest absolute Gasteiger partial charge is 0.345 e. The van der Waals surface area contributed by atoms with E-state index in [9.17, 15) is 8.42 Å². The van der Waals surface area contributed by atoms with E-state index in [2.05, 4.69) is 0 Å². The van der Waals surface area contributed by atoms with Crippen LogP contribution >= 0.6 is 0 Å². The second-order valence-electron chi connectivity index (χ2n) is 4.95. The SMILES string of the molecule is CC1(C)O[C@H]2CC[C@@H](OS(C)(=O)=O)C[C@H]2O1. The number of ether oxygens (including phenoxy) is 2. The lowest BCUT2D eigenvalue weighted by molar-refractivity contribution is -0.145. The van der Waals surface area contributed by atoms with Crippen LogP contribution in [-0.2, 0) is 23.8 Å². The van der Waals surface area contributed by atoms with E-state index in [4.69, 9.17) is 13.7 Å². The Kier molecular flexibility index (Phi) is 3.03. The van der Waals surface area contributed by atoms with Crippen LogP contribution in [0.4, 0.5) is 0 Å². The summed E-state index contributed by atoms with van der Waals surface area (Å²) in [6.45, 7) is 3.75. The van der Waals surface area contributed by atoms with E-state index < -0.39 is 15.9 Å². The van der Waals surface area contributed by atoms with Crippen LogP contribution < -0.4 is 0 Å². The van der Waals surface area contributed by atoms with E-state index in [1.54, 1.807) is 0 Å². The number of hydrogen-bond acceptors (Lipinski definition) is 5. The lowest BCUT2D eigenvalue weighted by Crippen LogP contribution is -2.35. The minimum Gasteiger partial charge on any atom is -0.345 e. The highest BCUT2D eigenvalue weighted by Crippen LogP contribution is 2.37. The Bertz CT molecular complexity index is 361. The molecule has 0 radical (unpaired) electrons. The van der Waals surface area contributed by atoms with Crippen LogP contribution in [0.5, 0.6) is 0 Å². The molecule has 94 valence electrons. The number of hydrogen-bond donors (Lipinski definition) is 0. The predicted octanol–water partition coefficient (Wildman–Crippen LogP) is 1.04. The van der Waals surface area contributed by atoms with Gasteiger partial charge in [-0.15, -0.1) is 0 Å². The quantitative estimate of drug-likeness (QED) is 0.685. The van der Waals surface area contributed by atoms with Crippen LogP contribution in [0.25, 0.3) is 0 Å². The van der Waals surface area contributed by atoms with Crippen molar-refractivity contribution in [2.24, 2.45) is 0 Å². The van der Waals surface area contributed by atoms with Gasteiger partial charge in [0.1, 0.15) is 0 Å². The summed E-state index contributed by atoms with van der Waals surface area (Å²) in [5, 5.41) is 0. The van der Waals surface area contributed by atoms with Gasteiger partial charge in [0.15, 0.2) is 5.79 Å². The normalized spacial score (nSPS) is 38.3. The average molecular weight is 250 g/mol. The summed E-state index contributed by atoms with van der Waals surface area (Å²) in [5.74, 6) is -0.560. The molecule has 2 aliphatic rings. The molecule has 1 aliphatic carbocycles. The molecular weight excluding hydrogens is 232 g/mol. The smallest absolute Gasteiger partial charge is 0.264 e. The summed E-state index contributed by atoms with van der Waals surface area (Å²) in [5.41, 5.74) is 0. The first-order valence-corrected chi connectivity index (χ1v) is 7.31. The highest BCUT2D eigenvalue weighted by atomic mass is 32.2. The Morgan fingerprint density at radius 3 is 2.44 bits per heavy atom. The minimum atomic E-state index is -3.38. The van der Waals surface area contributed by atoms with Crippen LogP contribution in [0.3, 0.4) is 0 Å². The van der Waals surface area contributed by atoms with E-state index in [-0.39, 0.29) is 18.3 Å². The molecule has 0 N–H and O–H groups in total. The van der Waals surface area contributed by atoms with Gasteiger partial charge < -0.3 is 9.47 Å². The zero-order valence-corrected chi connectivity index (χ0v) is 10.6. The molecule has 0 spiro atoms. The molecule has 0 unspecified atom stereocenters. The minimum absolute atomic E-state index is 0.0458. The summed E-state index contributed by atoms with van der Waals surface area (Å²) < 4.78 is 38.4. The van der Waals surface area contributed by atoms with Crippen molar-refractivity contribution >= 4 is 10.1 Å². The standard InChI is InChI=1S/C10H18O5S/c1-10(2)13-8-5-4-7(6-9(8)14-10)15-16(3,11)12/h7-9H,4-6H2,1-3H3/t7-,8+,9-/m1/s1. The van der Waals surface area contributed by atoms with Crippen LogP contribution in [0.15, 0.2) is 0 Å². The second kappa shape index (κ2) is 3.94. The first-order chi connectivity index (χ1) is 7.25. The van der Waals surface area contributed by atoms with Crippen LogP contribution in [0, 0.1) is 0 Å². The van der Waals surface area contributed by atoms with Gasteiger partial charge in [0.25, 0.3) is 10.1 Å². The third-order valence-corrected chi connectivity index (χ3v) is 3.49. The lowest BCUT2D eigenvalue weighted by Gasteiger charge is -2.28. The molecule has 0 aromatic rings. The molecule has 6 heteroatoms. The van der Waals surface area contributed by atoms with Crippen molar-refractivity contribution in [3.8, 4) is 0 Å². The molecular formula is C10H18O5S. The molecule has 0 bridgehead atoms. The van der Waals surface area contributed by atoms with Gasteiger partial charge in [0, 0.05) is 6.42 Å². The lowest BCUT2D eigenvalue weighted by atomic mass is 9.93. The fourth-order valence-corrected chi connectivity index (χ4v) is 3.08. The fraction of sp³-hybridized carbons (Fsp3) is 1.00. The maximum atomic E-state index is 11.0. The molecule has 1 saturated heterocycles. The Labute approximate surface area is 96.2 Å². The Morgan fingerprint density at radius 1 is 1.19 bits per heavy atom. The number of rotatable bonds is 2. The maximum absolute atomic E-state index is 11.0. The molecule has 1 heterocycles. The highest BCUT2D eigenvalue weighted by molar-refractivity contribution is 7.86. The van der Waals surface area contributed by atoms with Gasteiger partial charge in [-0.25, -0.2) is 0 Å². The van der Waals surface area contributed by atoms with Gasteiger partial charge in [-0.2, -0.15) is 8.42 Å². The van der Waals surface area contributed by atoms with Gasteiger partial charge in [-0.1, -0.05) is 0 Å². The summed E-state index contributed by atoms with van der Waals surface area (Å²) in [4.78, 5) is 0. The molecule has 1 aliphatic heterocycles. The van der Waals surface area contributed by atoms with Crippen molar-refractivity contribution in [2.75, 3.05) is 6.26 Å². The molecule has 3 atom stereocenters. The molecule has 5 nitrogen and oxygen atoms in total. The zero-order chi connectivity index (χ0) is 12.0. The van der Waals surface area contributed by atoms with Crippen LogP contribution in [0.1, 0.15) is 33.1 Å². The fourth-order valence-electron chi connectivity index (χ4n) is 2.42. The van der Waals surface area contributed by atoms with E-state index in [1.165, 1.54) is 0 Å². The van der Waals surface area contributed by atoms with Crippen molar-refractivity contribution in [3.63, 3.8) is 0 Å². The third-order valence-electron chi connectivity index (χ3n) is 2.86. The number of fused-ring (bicyclic) bond motifs is 1. The van der Waals surface area contributed by atoms with E-state index in [1.807, 2.05) is 13.8 Å². The van der Waals surface area contributed by atoms with Crippen molar-refractivity contribution in [1.29, 1.82) is 0 Å². The van der Waals surface area contributed by atoms with Crippen molar-refractivity contribution < 1.29 is 22.1 Å². The van der Waals surface area contributed by atoms with Crippen molar-refractivity contribution in [3.05, 3.63) is 0 Å². The molecule has 0 aromatic heterocycles. The zero-order valence-electron chi connectivity index (χ0n) is 9.80. The monoisotopic (exact) mass is 250 g/mol. The van der Waals surface area contributed by atoms with Gasteiger partial charge >= 0.3 is 0 Å². The molecule has 1 saturated carbocycles. The Balaban J connectivity index is 1.96. The summed E-state index contributed by atoms with van der Waals surface area (Å²) in [6, 6.07) is 0. The van der Waals surface area contributed by atoms with Gasteiger partial charge in [-0.3, -0.25) is 4.18 Å². The van der Waals surface area contributed by atoms with Crippen LogP contribution in [-0.4, -0.2) is 38.8 Å². The van der Waals surface area contributed by atoms with Gasteiger partial charge in [-0.05, 0) is 26.7 Å². The first-order valence-electron chi connectivity index (χ1n) is 5.49. The second-order valence-corrected chi connectivity index (χ2v) is 6.55. The van der Waals surface area contributed by atoms with E-state index >= 15 is 0 Å². The molecule has 2 rings (SSSR count). The molecule has 2 fully saturated rings. The van der Waals surface area contributed by atoms with E-state index in [0.29, 0.717) is 12.8 Å². The molecule has 0 aromatic carbocycles. The van der Waals surface area contributed by atoms with Gasteiger partial charge in [0.2, 0.25) is 0 Å². The summed E-state index contributed by atoms with van der Waals surface area (Å²) in [6.07, 6.45) is 2.91. The molecule has 0 amide bonds. The topological polar surface area (TPSA) is 61.8 Å². The first kappa shape index (κ1) is 12.3. The Morgan fingerprint density at radius 2 is 1.81 bits per heavy atom.